The number of aliphatic hydroxyl groups is 1. The Morgan fingerprint density at radius 1 is 0.909 bits per heavy atom. The molecule has 7 nitrogen and oxygen atoms in total. The summed E-state index contributed by atoms with van der Waals surface area (Å²) in [6.07, 6.45) is 0.824. The fourth-order valence-corrected chi connectivity index (χ4v) is 4.84. The highest BCUT2D eigenvalue weighted by molar-refractivity contribution is 6.36. The Morgan fingerprint density at radius 3 is 2.21 bits per heavy atom. The summed E-state index contributed by atoms with van der Waals surface area (Å²) in [6.45, 7) is 3.58. The lowest BCUT2D eigenvalue weighted by Crippen LogP contribution is -2.41. The summed E-state index contributed by atoms with van der Waals surface area (Å²) >= 11 is 0. The van der Waals surface area contributed by atoms with E-state index in [1.807, 2.05) is 31.2 Å². The van der Waals surface area contributed by atoms with Gasteiger partial charge >= 0.3 is 5.69 Å². The molecule has 168 valence electrons. The minimum absolute atomic E-state index is 0.169. The average molecular weight is 444 g/mol. The lowest BCUT2D eigenvalue weighted by molar-refractivity contribution is 0.0893. The van der Waals surface area contributed by atoms with E-state index in [2.05, 4.69) is 0 Å². The number of fused-ring (bicyclic) bond motifs is 1. The first kappa shape index (κ1) is 21.2. The maximum atomic E-state index is 13.6. The number of rotatable bonds is 4. The fourth-order valence-electron chi connectivity index (χ4n) is 4.84. The summed E-state index contributed by atoms with van der Waals surface area (Å²) in [5.41, 5.74) is 4.38. The van der Waals surface area contributed by atoms with Gasteiger partial charge in [-0.25, -0.2) is 9.69 Å². The molecule has 1 N–H and O–H groups in total. The number of imidazole rings is 1. The third-order valence-corrected chi connectivity index (χ3v) is 6.66. The Kier molecular flexibility index (Phi) is 4.76. The van der Waals surface area contributed by atoms with Crippen molar-refractivity contribution in [3.8, 4) is 0 Å². The highest BCUT2D eigenvalue weighted by atomic mass is 16.3. The largest absolute Gasteiger partial charge is 0.393 e. The van der Waals surface area contributed by atoms with Gasteiger partial charge in [-0.05, 0) is 67.5 Å². The van der Waals surface area contributed by atoms with Crippen LogP contribution in [-0.2, 0) is 20.5 Å². The van der Waals surface area contributed by atoms with Gasteiger partial charge in [-0.3, -0.25) is 18.7 Å². The Hall–Kier alpha value is -3.71. The summed E-state index contributed by atoms with van der Waals surface area (Å²) in [4.78, 5) is 40.9. The number of imide groups is 1. The molecule has 3 aromatic carbocycles. The molecular weight excluding hydrogens is 418 g/mol. The molecule has 1 aliphatic heterocycles. The van der Waals surface area contributed by atoms with Gasteiger partial charge in [-0.2, -0.15) is 0 Å². The van der Waals surface area contributed by atoms with Crippen LogP contribution < -0.4 is 10.6 Å². The van der Waals surface area contributed by atoms with Crippen LogP contribution in [0.15, 0.2) is 47.3 Å². The number of aryl methyl sites for hydroxylation is 4. The van der Waals surface area contributed by atoms with E-state index >= 15 is 0 Å². The van der Waals surface area contributed by atoms with E-state index in [0.29, 0.717) is 40.6 Å². The first-order chi connectivity index (χ1) is 15.7. The predicted octanol–water partition coefficient (Wildman–Crippen LogP) is 3.45. The number of carbonyl (C=O) groups is 2. The van der Waals surface area contributed by atoms with Gasteiger partial charge in [-0.15, -0.1) is 0 Å². The number of aliphatic hydroxyl groups excluding tert-OH is 1. The van der Waals surface area contributed by atoms with Gasteiger partial charge in [0.15, 0.2) is 0 Å². The molecule has 1 aliphatic rings. The Balaban J connectivity index is 1.69. The van der Waals surface area contributed by atoms with Crippen molar-refractivity contribution in [3.63, 3.8) is 0 Å². The molecule has 7 heteroatoms. The van der Waals surface area contributed by atoms with Crippen LogP contribution in [0, 0.1) is 6.92 Å². The molecule has 0 radical (unpaired) electrons. The van der Waals surface area contributed by atoms with Crippen molar-refractivity contribution in [2.75, 3.05) is 4.90 Å². The second-order valence-electron chi connectivity index (χ2n) is 8.86. The van der Waals surface area contributed by atoms with E-state index < -0.39 is 6.10 Å². The van der Waals surface area contributed by atoms with Gasteiger partial charge in [0.2, 0.25) is 0 Å². The molecule has 0 saturated heterocycles. The molecule has 1 aromatic heterocycles. The Bertz CT molecular complexity index is 1520. The zero-order chi connectivity index (χ0) is 23.6. The molecule has 0 fully saturated rings. The monoisotopic (exact) mass is 443 g/mol. The summed E-state index contributed by atoms with van der Waals surface area (Å²) < 4.78 is 3.07. The minimum atomic E-state index is -0.429. The topological polar surface area (TPSA) is 84.5 Å². The van der Waals surface area contributed by atoms with Crippen LogP contribution >= 0.6 is 0 Å². The van der Waals surface area contributed by atoms with Gasteiger partial charge in [0, 0.05) is 30.6 Å². The van der Waals surface area contributed by atoms with Gasteiger partial charge in [0.25, 0.3) is 11.8 Å². The predicted molar refractivity (Wildman–Crippen MR) is 128 cm³/mol. The van der Waals surface area contributed by atoms with Crippen LogP contribution in [0.25, 0.3) is 21.8 Å². The van der Waals surface area contributed by atoms with Crippen LogP contribution in [0.3, 0.4) is 0 Å². The van der Waals surface area contributed by atoms with Gasteiger partial charge in [0.05, 0.1) is 22.8 Å². The first-order valence-electron chi connectivity index (χ1n) is 11.0. The third kappa shape index (κ3) is 3.03. The zero-order valence-corrected chi connectivity index (χ0v) is 19.0. The molecule has 0 saturated carbocycles. The van der Waals surface area contributed by atoms with Crippen molar-refractivity contribution < 1.29 is 14.7 Å². The van der Waals surface area contributed by atoms with E-state index in [1.165, 1.54) is 9.47 Å². The van der Waals surface area contributed by atoms with Crippen molar-refractivity contribution in [3.05, 3.63) is 75.2 Å². The van der Waals surface area contributed by atoms with E-state index in [9.17, 15) is 19.5 Å². The quantitative estimate of drug-likeness (QED) is 0.490. The van der Waals surface area contributed by atoms with Crippen LogP contribution in [0.5, 0.6) is 0 Å². The van der Waals surface area contributed by atoms with E-state index in [4.69, 9.17) is 0 Å². The number of benzene rings is 3. The van der Waals surface area contributed by atoms with Crippen molar-refractivity contribution >= 4 is 39.3 Å². The van der Waals surface area contributed by atoms with Crippen LogP contribution in [0.2, 0.25) is 0 Å². The second-order valence-corrected chi connectivity index (χ2v) is 8.86. The second kappa shape index (κ2) is 7.42. The van der Waals surface area contributed by atoms with Crippen molar-refractivity contribution in [1.82, 2.24) is 9.13 Å². The van der Waals surface area contributed by atoms with E-state index in [0.717, 1.165) is 22.0 Å². The van der Waals surface area contributed by atoms with E-state index in [1.54, 1.807) is 43.8 Å². The fraction of sp³-hybridized carbons (Fsp3) is 0.269. The molecule has 0 unspecified atom stereocenters. The number of nitrogens with zero attached hydrogens (tertiary/aromatic N) is 3. The number of hydrogen-bond acceptors (Lipinski definition) is 4. The van der Waals surface area contributed by atoms with E-state index in [-0.39, 0.29) is 17.5 Å². The number of anilines is 1. The molecule has 2 amide bonds. The highest BCUT2D eigenvalue weighted by Gasteiger charge is 2.35. The summed E-state index contributed by atoms with van der Waals surface area (Å²) in [7, 11) is 3.38. The average Bonchev–Trinajstić information content (AvgIpc) is 2.99. The molecular formula is C26H25N3O4. The van der Waals surface area contributed by atoms with Crippen molar-refractivity contribution in [1.29, 1.82) is 0 Å². The molecule has 5 rings (SSSR count). The van der Waals surface area contributed by atoms with Crippen molar-refractivity contribution in [2.45, 2.75) is 32.8 Å². The number of amides is 2. The molecule has 4 aromatic rings. The number of hydrogen-bond donors (Lipinski definition) is 1. The lowest BCUT2D eigenvalue weighted by atomic mass is 9.89. The van der Waals surface area contributed by atoms with Crippen molar-refractivity contribution in [2.24, 2.45) is 14.1 Å². The van der Waals surface area contributed by atoms with Crippen LogP contribution in [-0.4, -0.2) is 32.2 Å². The third-order valence-electron chi connectivity index (χ3n) is 6.66. The molecule has 33 heavy (non-hydrogen) atoms. The molecule has 2 heterocycles. The Morgan fingerprint density at radius 2 is 1.55 bits per heavy atom. The minimum Gasteiger partial charge on any atom is -0.393 e. The zero-order valence-electron chi connectivity index (χ0n) is 19.0. The Labute approximate surface area is 190 Å². The molecule has 0 bridgehead atoms. The molecule has 0 aliphatic carbocycles. The van der Waals surface area contributed by atoms with Gasteiger partial charge in [-0.1, -0.05) is 18.2 Å². The summed E-state index contributed by atoms with van der Waals surface area (Å²) in [5, 5.41) is 11.2. The standard InChI is InChI=1S/C26H25N3O4/c1-14-12-21-22(28(4)26(33)27(21)3)13-20(14)29-24(31)18-7-5-6-17-16(9-8-15(2)30)10-11-19(23(17)18)25(29)32/h5-7,10-13,15,30H,8-9H2,1-4H3/t15-/m1/s1. The maximum Gasteiger partial charge on any atom is 0.328 e. The summed E-state index contributed by atoms with van der Waals surface area (Å²) in [6, 6.07) is 12.8. The SMILES string of the molecule is Cc1cc2c(cc1N1C(=O)c3cccc4c(CC[C@@H](C)O)ccc(c34)C1=O)n(C)c(=O)n2C. The number of aromatic nitrogens is 2. The van der Waals surface area contributed by atoms with Gasteiger partial charge < -0.3 is 5.11 Å². The van der Waals surface area contributed by atoms with Crippen LogP contribution in [0.4, 0.5) is 5.69 Å². The summed E-state index contributed by atoms with van der Waals surface area (Å²) in [5.74, 6) is -0.761. The smallest absolute Gasteiger partial charge is 0.328 e. The highest BCUT2D eigenvalue weighted by Crippen LogP contribution is 2.36. The molecule has 0 spiro atoms. The number of carbonyl (C=O) groups excluding carboxylic acids is 2. The maximum absolute atomic E-state index is 13.6. The normalized spacial score (nSPS) is 14.5. The molecule has 1 atom stereocenters. The first-order valence-corrected chi connectivity index (χ1v) is 11.0. The van der Waals surface area contributed by atoms with Crippen LogP contribution in [0.1, 0.15) is 45.2 Å². The lowest BCUT2D eigenvalue weighted by Gasteiger charge is -2.29. The van der Waals surface area contributed by atoms with Gasteiger partial charge in [0.1, 0.15) is 0 Å².